The third-order valence-corrected chi connectivity index (χ3v) is 4.41. The Morgan fingerprint density at radius 2 is 2.05 bits per heavy atom. The highest BCUT2D eigenvalue weighted by atomic mass is 79.9. The number of ketones is 1. The van der Waals surface area contributed by atoms with Crippen molar-refractivity contribution in [2.24, 2.45) is 0 Å². The van der Waals surface area contributed by atoms with E-state index in [2.05, 4.69) is 15.9 Å². The standard InChI is InChI=1S/C15H12BrNO3S/c1-10(18)11-3-2-4-14(7-11)21-9-12-5-6-13(16)8-15(12)17(19)20/h2-8H,9H2,1H3. The Balaban J connectivity index is 2.18. The highest BCUT2D eigenvalue weighted by Gasteiger charge is 2.14. The van der Waals surface area contributed by atoms with Crippen molar-refractivity contribution in [3.8, 4) is 0 Å². The maximum absolute atomic E-state index is 11.3. The van der Waals surface area contributed by atoms with Gasteiger partial charge in [0.1, 0.15) is 0 Å². The van der Waals surface area contributed by atoms with E-state index in [-0.39, 0.29) is 16.4 Å². The minimum atomic E-state index is -0.382. The zero-order chi connectivity index (χ0) is 15.4. The Hall–Kier alpha value is -1.66. The fourth-order valence-corrected chi connectivity index (χ4v) is 3.10. The van der Waals surface area contributed by atoms with Crippen LogP contribution >= 0.6 is 27.7 Å². The van der Waals surface area contributed by atoms with E-state index < -0.39 is 0 Å². The number of nitro groups is 1. The van der Waals surface area contributed by atoms with Crippen LogP contribution < -0.4 is 0 Å². The van der Waals surface area contributed by atoms with Gasteiger partial charge in [-0.1, -0.05) is 34.1 Å². The average Bonchev–Trinajstić information content (AvgIpc) is 2.46. The number of hydrogen-bond donors (Lipinski definition) is 0. The summed E-state index contributed by atoms with van der Waals surface area (Å²) in [4.78, 5) is 22.9. The van der Waals surface area contributed by atoms with E-state index >= 15 is 0 Å². The second kappa shape index (κ2) is 6.87. The van der Waals surface area contributed by atoms with E-state index in [0.29, 0.717) is 21.4 Å². The van der Waals surface area contributed by atoms with Gasteiger partial charge in [-0.05, 0) is 25.1 Å². The second-order valence-corrected chi connectivity index (χ2v) is 6.37. The third kappa shape index (κ3) is 4.15. The Morgan fingerprint density at radius 1 is 1.29 bits per heavy atom. The zero-order valence-electron chi connectivity index (χ0n) is 11.2. The van der Waals surface area contributed by atoms with E-state index in [1.807, 2.05) is 12.1 Å². The van der Waals surface area contributed by atoms with Crippen LogP contribution in [-0.2, 0) is 5.75 Å². The van der Waals surface area contributed by atoms with Gasteiger partial charge in [0.25, 0.3) is 5.69 Å². The zero-order valence-corrected chi connectivity index (χ0v) is 13.6. The molecule has 2 aromatic carbocycles. The molecule has 0 saturated carbocycles. The summed E-state index contributed by atoms with van der Waals surface area (Å²) in [5, 5.41) is 11.1. The van der Waals surface area contributed by atoms with Gasteiger partial charge in [0, 0.05) is 32.3 Å². The van der Waals surface area contributed by atoms with Crippen molar-refractivity contribution in [1.82, 2.24) is 0 Å². The number of carbonyl (C=O) groups excluding carboxylic acids is 1. The molecule has 0 saturated heterocycles. The first kappa shape index (κ1) is 15.7. The number of halogens is 1. The van der Waals surface area contributed by atoms with Crippen molar-refractivity contribution in [1.29, 1.82) is 0 Å². The Kier molecular flexibility index (Phi) is 5.14. The van der Waals surface area contributed by atoms with Gasteiger partial charge in [0.2, 0.25) is 0 Å². The van der Waals surface area contributed by atoms with Crippen molar-refractivity contribution in [3.05, 3.63) is 68.2 Å². The van der Waals surface area contributed by atoms with E-state index in [4.69, 9.17) is 0 Å². The molecule has 0 aliphatic heterocycles. The van der Waals surface area contributed by atoms with Crippen LogP contribution in [0.4, 0.5) is 5.69 Å². The number of Topliss-reactive ketones (excluding diaryl/α,β-unsaturated/α-hetero) is 1. The summed E-state index contributed by atoms with van der Waals surface area (Å²) in [7, 11) is 0. The fraction of sp³-hybridized carbons (Fsp3) is 0.133. The lowest BCUT2D eigenvalue weighted by Crippen LogP contribution is -1.95. The third-order valence-electron chi connectivity index (χ3n) is 2.88. The summed E-state index contributed by atoms with van der Waals surface area (Å²) in [5.74, 6) is 0.484. The lowest BCUT2D eigenvalue weighted by atomic mass is 10.2. The lowest BCUT2D eigenvalue weighted by Gasteiger charge is -2.05. The minimum absolute atomic E-state index is 0.00655. The number of benzene rings is 2. The van der Waals surface area contributed by atoms with E-state index in [0.717, 1.165) is 4.90 Å². The summed E-state index contributed by atoms with van der Waals surface area (Å²) in [6.07, 6.45) is 0. The lowest BCUT2D eigenvalue weighted by molar-refractivity contribution is -0.385. The predicted molar refractivity (Wildman–Crippen MR) is 86.8 cm³/mol. The molecule has 0 fully saturated rings. The summed E-state index contributed by atoms with van der Waals surface area (Å²) >= 11 is 4.71. The highest BCUT2D eigenvalue weighted by Crippen LogP contribution is 2.30. The Bertz CT molecular complexity index is 703. The number of carbonyl (C=O) groups is 1. The van der Waals surface area contributed by atoms with Crippen LogP contribution in [0.3, 0.4) is 0 Å². The fourth-order valence-electron chi connectivity index (χ4n) is 1.79. The van der Waals surface area contributed by atoms with Crippen molar-refractivity contribution in [3.63, 3.8) is 0 Å². The summed E-state index contributed by atoms with van der Waals surface area (Å²) < 4.78 is 0.682. The van der Waals surface area contributed by atoms with Gasteiger partial charge in [-0.25, -0.2) is 0 Å². The smallest absolute Gasteiger partial charge is 0.274 e. The second-order valence-electron chi connectivity index (χ2n) is 4.40. The molecule has 0 bridgehead atoms. The van der Waals surface area contributed by atoms with Crippen LogP contribution in [0.5, 0.6) is 0 Å². The molecule has 2 rings (SSSR count). The van der Waals surface area contributed by atoms with Crippen LogP contribution in [0.2, 0.25) is 0 Å². The van der Waals surface area contributed by atoms with Gasteiger partial charge in [-0.3, -0.25) is 14.9 Å². The molecule has 0 atom stereocenters. The monoisotopic (exact) mass is 365 g/mol. The molecule has 4 nitrogen and oxygen atoms in total. The largest absolute Gasteiger partial charge is 0.295 e. The normalized spacial score (nSPS) is 10.4. The molecule has 0 aliphatic rings. The van der Waals surface area contributed by atoms with Crippen LogP contribution in [0.25, 0.3) is 0 Å². The molecule has 21 heavy (non-hydrogen) atoms. The molecular weight excluding hydrogens is 354 g/mol. The number of nitrogens with zero attached hydrogens (tertiary/aromatic N) is 1. The molecule has 0 spiro atoms. The molecule has 2 aromatic rings. The van der Waals surface area contributed by atoms with Crippen molar-refractivity contribution in [2.75, 3.05) is 0 Å². The van der Waals surface area contributed by atoms with Gasteiger partial charge < -0.3 is 0 Å². The molecule has 0 N–H and O–H groups in total. The predicted octanol–water partition coefficient (Wildman–Crippen LogP) is 4.85. The SMILES string of the molecule is CC(=O)c1cccc(SCc2ccc(Br)cc2[N+](=O)[O-])c1. The molecule has 0 aromatic heterocycles. The minimum Gasteiger partial charge on any atom is -0.295 e. The van der Waals surface area contributed by atoms with E-state index in [9.17, 15) is 14.9 Å². The Morgan fingerprint density at radius 3 is 2.71 bits per heavy atom. The van der Waals surface area contributed by atoms with Gasteiger partial charge in [-0.2, -0.15) is 0 Å². The van der Waals surface area contributed by atoms with Gasteiger partial charge >= 0.3 is 0 Å². The highest BCUT2D eigenvalue weighted by molar-refractivity contribution is 9.10. The molecule has 0 amide bonds. The van der Waals surface area contributed by atoms with Gasteiger partial charge in [0.15, 0.2) is 5.78 Å². The summed E-state index contributed by atoms with van der Waals surface area (Å²) in [6.45, 7) is 1.52. The van der Waals surface area contributed by atoms with Crippen molar-refractivity contribution >= 4 is 39.2 Å². The van der Waals surface area contributed by atoms with Crippen LogP contribution in [0.1, 0.15) is 22.8 Å². The Labute approximate surface area is 134 Å². The van der Waals surface area contributed by atoms with Crippen LogP contribution in [0, 0.1) is 10.1 Å². The molecule has 6 heteroatoms. The van der Waals surface area contributed by atoms with Crippen molar-refractivity contribution in [2.45, 2.75) is 17.6 Å². The molecule has 0 heterocycles. The topological polar surface area (TPSA) is 60.2 Å². The van der Waals surface area contributed by atoms with Gasteiger partial charge in [-0.15, -0.1) is 11.8 Å². The first-order valence-electron chi connectivity index (χ1n) is 6.14. The van der Waals surface area contributed by atoms with E-state index in [1.54, 1.807) is 24.3 Å². The van der Waals surface area contributed by atoms with E-state index in [1.165, 1.54) is 24.8 Å². The first-order valence-corrected chi connectivity index (χ1v) is 7.92. The molecular formula is C15H12BrNO3S. The average molecular weight is 366 g/mol. The number of hydrogen-bond acceptors (Lipinski definition) is 4. The number of thioether (sulfide) groups is 1. The maximum Gasteiger partial charge on any atom is 0.274 e. The summed E-state index contributed by atoms with van der Waals surface area (Å²) in [5.41, 5.74) is 1.39. The maximum atomic E-state index is 11.3. The molecule has 0 unspecified atom stereocenters. The molecule has 108 valence electrons. The number of rotatable bonds is 5. The van der Waals surface area contributed by atoms with Crippen LogP contribution in [-0.4, -0.2) is 10.7 Å². The van der Waals surface area contributed by atoms with Gasteiger partial charge in [0.05, 0.1) is 4.92 Å². The number of nitro benzene ring substituents is 1. The summed E-state index contributed by atoms with van der Waals surface area (Å²) in [6, 6.07) is 12.3. The quantitative estimate of drug-likeness (QED) is 0.328. The molecule has 0 aliphatic carbocycles. The molecule has 0 radical (unpaired) electrons. The van der Waals surface area contributed by atoms with Crippen molar-refractivity contribution < 1.29 is 9.72 Å². The first-order chi connectivity index (χ1) is 9.97. The van der Waals surface area contributed by atoms with Crippen LogP contribution in [0.15, 0.2) is 51.8 Å².